The first-order valence-corrected chi connectivity index (χ1v) is 12.4. The van der Waals surface area contributed by atoms with Gasteiger partial charge >= 0.3 is 6.03 Å². The fourth-order valence-electron chi connectivity index (χ4n) is 4.14. The molecule has 1 fully saturated rings. The second-order valence-corrected chi connectivity index (χ2v) is 9.09. The molecule has 0 spiro atoms. The Hall–Kier alpha value is -4.76. The molecule has 0 bridgehead atoms. The van der Waals surface area contributed by atoms with Crippen LogP contribution in [0.4, 0.5) is 27.8 Å². The van der Waals surface area contributed by atoms with Gasteiger partial charge in [0.2, 0.25) is 5.95 Å². The van der Waals surface area contributed by atoms with Crippen LogP contribution in [0.2, 0.25) is 0 Å². The Bertz CT molecular complexity index is 1380. The monoisotopic (exact) mass is 507 g/mol. The molecule has 1 saturated heterocycles. The highest BCUT2D eigenvalue weighted by molar-refractivity contribution is 5.99. The third-order valence-corrected chi connectivity index (χ3v) is 6.30. The third kappa shape index (κ3) is 6.32. The minimum Gasteiger partial charge on any atom is -0.336 e. The van der Waals surface area contributed by atoms with E-state index in [1.54, 1.807) is 6.20 Å². The number of carbonyl (C=O) groups excluding carboxylic acids is 2. The average Bonchev–Trinajstić information content (AvgIpc) is 2.94. The number of hydrogen-bond donors (Lipinski definition) is 3. The van der Waals surface area contributed by atoms with Crippen molar-refractivity contribution in [2.75, 3.05) is 49.2 Å². The molecule has 3 aromatic carbocycles. The van der Waals surface area contributed by atoms with Crippen molar-refractivity contribution in [2.45, 2.75) is 0 Å². The standard InChI is InChI=1S/C29H29N7O2/c1-35-17-19-36(20-18-35)27(37)22-9-13-24(14-10-22)31-28-30-16-15-26(34-28)21-7-11-25(12-8-21)33-29(38)32-23-5-3-2-4-6-23/h2-16H,17-20H2,1H3,(H,30,31,34)(H2,32,33,38). The number of urea groups is 1. The van der Waals surface area contributed by atoms with Crippen LogP contribution in [0, 0.1) is 0 Å². The third-order valence-electron chi connectivity index (χ3n) is 6.30. The van der Waals surface area contributed by atoms with Crippen LogP contribution in [0.15, 0.2) is 91.1 Å². The number of rotatable bonds is 6. The normalized spacial score (nSPS) is 13.6. The van der Waals surface area contributed by atoms with Gasteiger partial charge in [-0.3, -0.25) is 4.79 Å². The quantitative estimate of drug-likeness (QED) is 0.342. The minimum absolute atomic E-state index is 0.0541. The number of para-hydroxylation sites is 1. The van der Waals surface area contributed by atoms with Gasteiger partial charge in [-0.15, -0.1) is 0 Å². The average molecular weight is 508 g/mol. The Kier molecular flexibility index (Phi) is 7.56. The van der Waals surface area contributed by atoms with Crippen molar-refractivity contribution in [3.63, 3.8) is 0 Å². The van der Waals surface area contributed by atoms with Crippen LogP contribution in [0.1, 0.15) is 10.4 Å². The molecule has 0 atom stereocenters. The van der Waals surface area contributed by atoms with E-state index in [9.17, 15) is 9.59 Å². The second kappa shape index (κ2) is 11.5. The summed E-state index contributed by atoms with van der Waals surface area (Å²) in [6, 6.07) is 25.6. The Morgan fingerprint density at radius 3 is 2.05 bits per heavy atom. The van der Waals surface area contributed by atoms with Gasteiger partial charge < -0.3 is 25.8 Å². The van der Waals surface area contributed by atoms with E-state index in [1.807, 2.05) is 89.8 Å². The fraction of sp³-hybridized carbons (Fsp3) is 0.172. The number of likely N-dealkylation sites (N-methyl/N-ethyl adjacent to an activating group) is 1. The number of benzene rings is 3. The first-order valence-electron chi connectivity index (χ1n) is 12.4. The maximum atomic E-state index is 12.8. The summed E-state index contributed by atoms with van der Waals surface area (Å²) in [4.78, 5) is 38.1. The van der Waals surface area contributed by atoms with Crippen molar-refractivity contribution < 1.29 is 9.59 Å². The van der Waals surface area contributed by atoms with Crippen LogP contribution < -0.4 is 16.0 Å². The van der Waals surface area contributed by atoms with Crippen molar-refractivity contribution in [1.82, 2.24) is 19.8 Å². The molecule has 1 aromatic heterocycles. The number of carbonyl (C=O) groups is 2. The number of anilines is 4. The lowest BCUT2D eigenvalue weighted by atomic mass is 10.1. The number of nitrogens with one attached hydrogen (secondary N) is 3. The Labute approximate surface area is 221 Å². The molecule has 192 valence electrons. The van der Waals surface area contributed by atoms with Crippen LogP contribution in [0.5, 0.6) is 0 Å². The zero-order valence-electron chi connectivity index (χ0n) is 21.1. The number of amides is 3. The van der Waals surface area contributed by atoms with E-state index in [0.717, 1.165) is 48.8 Å². The van der Waals surface area contributed by atoms with Gasteiger partial charge in [0.25, 0.3) is 5.91 Å². The summed E-state index contributed by atoms with van der Waals surface area (Å²) in [6.07, 6.45) is 1.69. The first-order chi connectivity index (χ1) is 18.5. The van der Waals surface area contributed by atoms with Crippen LogP contribution >= 0.6 is 0 Å². The molecule has 1 aliphatic heterocycles. The smallest absolute Gasteiger partial charge is 0.323 e. The number of hydrogen-bond acceptors (Lipinski definition) is 6. The molecule has 38 heavy (non-hydrogen) atoms. The van der Waals surface area contributed by atoms with Crippen molar-refractivity contribution in [3.05, 3.63) is 96.7 Å². The van der Waals surface area contributed by atoms with Crippen molar-refractivity contribution in [1.29, 1.82) is 0 Å². The number of aromatic nitrogens is 2. The molecule has 1 aliphatic rings. The number of nitrogens with zero attached hydrogens (tertiary/aromatic N) is 4. The fourth-order valence-corrected chi connectivity index (χ4v) is 4.14. The largest absolute Gasteiger partial charge is 0.336 e. The van der Waals surface area contributed by atoms with E-state index < -0.39 is 0 Å². The summed E-state index contributed by atoms with van der Waals surface area (Å²) in [5.41, 5.74) is 4.48. The SMILES string of the molecule is CN1CCN(C(=O)c2ccc(Nc3nccc(-c4ccc(NC(=O)Nc5ccccc5)cc4)n3)cc2)CC1. The summed E-state index contributed by atoms with van der Waals surface area (Å²) < 4.78 is 0. The highest BCUT2D eigenvalue weighted by Gasteiger charge is 2.20. The van der Waals surface area contributed by atoms with E-state index in [1.165, 1.54) is 0 Å². The highest BCUT2D eigenvalue weighted by Crippen LogP contribution is 2.22. The molecular formula is C29H29N7O2. The van der Waals surface area contributed by atoms with Gasteiger partial charge in [-0.25, -0.2) is 14.8 Å². The summed E-state index contributed by atoms with van der Waals surface area (Å²) >= 11 is 0. The molecule has 9 nitrogen and oxygen atoms in total. The Morgan fingerprint density at radius 2 is 1.37 bits per heavy atom. The van der Waals surface area contributed by atoms with Crippen LogP contribution in [-0.4, -0.2) is 64.9 Å². The van der Waals surface area contributed by atoms with Crippen LogP contribution in [0.25, 0.3) is 11.3 Å². The van der Waals surface area contributed by atoms with E-state index >= 15 is 0 Å². The van der Waals surface area contributed by atoms with Crippen LogP contribution in [-0.2, 0) is 0 Å². The van der Waals surface area contributed by atoms with Gasteiger partial charge in [0.05, 0.1) is 5.69 Å². The van der Waals surface area contributed by atoms with Crippen molar-refractivity contribution in [3.8, 4) is 11.3 Å². The maximum Gasteiger partial charge on any atom is 0.323 e. The Balaban J connectivity index is 1.19. The van der Waals surface area contributed by atoms with Gasteiger partial charge in [-0.1, -0.05) is 30.3 Å². The van der Waals surface area contributed by atoms with Gasteiger partial charge in [0, 0.05) is 60.6 Å². The molecular weight excluding hydrogens is 478 g/mol. The molecule has 3 amide bonds. The lowest BCUT2D eigenvalue weighted by Gasteiger charge is -2.32. The topological polar surface area (TPSA) is 102 Å². The minimum atomic E-state index is -0.311. The van der Waals surface area contributed by atoms with Crippen molar-refractivity contribution >= 4 is 34.9 Å². The predicted octanol–water partition coefficient (Wildman–Crippen LogP) is 4.92. The molecule has 4 aromatic rings. The lowest BCUT2D eigenvalue weighted by molar-refractivity contribution is 0.0664. The van der Waals surface area contributed by atoms with Gasteiger partial charge in [0.15, 0.2) is 0 Å². The molecule has 0 unspecified atom stereocenters. The number of piperazine rings is 1. The predicted molar refractivity (Wildman–Crippen MR) is 150 cm³/mol. The van der Waals surface area contributed by atoms with E-state index in [0.29, 0.717) is 17.2 Å². The van der Waals surface area contributed by atoms with E-state index in [-0.39, 0.29) is 11.9 Å². The second-order valence-electron chi connectivity index (χ2n) is 9.09. The van der Waals surface area contributed by atoms with Crippen molar-refractivity contribution in [2.24, 2.45) is 0 Å². The molecule has 3 N–H and O–H groups in total. The van der Waals surface area contributed by atoms with Gasteiger partial charge in [-0.2, -0.15) is 0 Å². The molecule has 9 heteroatoms. The molecule has 0 aliphatic carbocycles. The van der Waals surface area contributed by atoms with Gasteiger partial charge in [-0.05, 0) is 61.6 Å². The summed E-state index contributed by atoms with van der Waals surface area (Å²) in [5.74, 6) is 0.503. The summed E-state index contributed by atoms with van der Waals surface area (Å²) in [7, 11) is 2.07. The lowest BCUT2D eigenvalue weighted by Crippen LogP contribution is -2.47. The first kappa shape index (κ1) is 24.9. The van der Waals surface area contributed by atoms with Gasteiger partial charge in [0.1, 0.15) is 0 Å². The Morgan fingerprint density at radius 1 is 0.737 bits per heavy atom. The molecule has 5 rings (SSSR count). The van der Waals surface area contributed by atoms with Crippen LogP contribution in [0.3, 0.4) is 0 Å². The maximum absolute atomic E-state index is 12.8. The molecule has 2 heterocycles. The molecule has 0 radical (unpaired) electrons. The van der Waals surface area contributed by atoms with E-state index in [4.69, 9.17) is 0 Å². The molecule has 0 saturated carbocycles. The summed E-state index contributed by atoms with van der Waals surface area (Å²) in [5, 5.41) is 8.82. The zero-order chi connectivity index (χ0) is 26.3. The summed E-state index contributed by atoms with van der Waals surface area (Å²) in [6.45, 7) is 3.27. The zero-order valence-corrected chi connectivity index (χ0v) is 21.1. The van der Waals surface area contributed by atoms with E-state index in [2.05, 4.69) is 37.9 Å². The highest BCUT2D eigenvalue weighted by atomic mass is 16.2.